The molecule has 4 aromatic heterocycles. The van der Waals surface area contributed by atoms with Gasteiger partial charge in [0, 0.05) is 37.6 Å². The average Bonchev–Trinajstić information content (AvgIpc) is 3.57. The zero-order valence-corrected chi connectivity index (χ0v) is 19.3. The van der Waals surface area contributed by atoms with Gasteiger partial charge in [-0.2, -0.15) is 13.2 Å². The minimum absolute atomic E-state index is 0.143. The van der Waals surface area contributed by atoms with Gasteiger partial charge in [0.15, 0.2) is 11.5 Å². The first-order valence-electron chi connectivity index (χ1n) is 10.6. The van der Waals surface area contributed by atoms with Crippen LogP contribution in [-0.4, -0.2) is 60.2 Å². The number of imidazole rings is 1. The Labute approximate surface area is 206 Å². The van der Waals surface area contributed by atoms with Crippen LogP contribution < -0.4 is 16.0 Å². The highest BCUT2D eigenvalue weighted by Crippen LogP contribution is 2.31. The van der Waals surface area contributed by atoms with Crippen molar-refractivity contribution in [2.45, 2.75) is 25.6 Å². The van der Waals surface area contributed by atoms with Crippen LogP contribution in [0.25, 0.3) is 11.2 Å². The normalized spacial score (nSPS) is 13.6. The SMILES string of the molecule is Nc1nn2cccnc2c1C(=O)NCc1cc(Cl)c2cncn2c1N1CCCC1.O=C(O)C(F)(F)F. The molecule has 1 saturated heterocycles. The number of carboxylic acid groups (broad SMARTS) is 1. The highest BCUT2D eigenvalue weighted by molar-refractivity contribution is 6.34. The van der Waals surface area contributed by atoms with Gasteiger partial charge in [0.05, 0.1) is 16.7 Å². The van der Waals surface area contributed by atoms with Gasteiger partial charge in [-0.25, -0.2) is 19.3 Å². The van der Waals surface area contributed by atoms with Crippen LogP contribution in [0.15, 0.2) is 37.1 Å². The molecule has 1 aliphatic heterocycles. The van der Waals surface area contributed by atoms with Crippen molar-refractivity contribution in [3.8, 4) is 0 Å². The molecule has 15 heteroatoms. The molecule has 4 N–H and O–H groups in total. The van der Waals surface area contributed by atoms with E-state index in [0.29, 0.717) is 17.2 Å². The smallest absolute Gasteiger partial charge is 0.475 e. The summed E-state index contributed by atoms with van der Waals surface area (Å²) in [4.78, 5) is 32.6. The monoisotopic (exact) mass is 524 g/mol. The molecule has 0 aromatic carbocycles. The molecule has 11 nitrogen and oxygen atoms in total. The van der Waals surface area contributed by atoms with Gasteiger partial charge in [0.2, 0.25) is 0 Å². The van der Waals surface area contributed by atoms with Crippen molar-refractivity contribution in [2.24, 2.45) is 0 Å². The third-order valence-corrected chi connectivity index (χ3v) is 5.74. The van der Waals surface area contributed by atoms with Crippen LogP contribution in [0.4, 0.5) is 24.8 Å². The molecular weight excluding hydrogens is 505 g/mol. The van der Waals surface area contributed by atoms with E-state index in [9.17, 15) is 18.0 Å². The second-order valence-corrected chi connectivity index (χ2v) is 8.23. The number of nitrogens with two attached hydrogens (primary N) is 1. The summed E-state index contributed by atoms with van der Waals surface area (Å²) < 4.78 is 35.2. The minimum atomic E-state index is -5.08. The number of aromatic nitrogens is 5. The Kier molecular flexibility index (Phi) is 6.88. The number of nitrogen functional groups attached to an aromatic ring is 1. The molecule has 0 atom stereocenters. The number of anilines is 2. The lowest BCUT2D eigenvalue weighted by atomic mass is 10.2. The van der Waals surface area contributed by atoms with Gasteiger partial charge in [0.1, 0.15) is 17.7 Å². The number of halogens is 4. The Hall–Kier alpha value is -4.07. The van der Waals surface area contributed by atoms with Gasteiger partial charge < -0.3 is 21.1 Å². The fraction of sp³-hybridized carbons (Fsp3) is 0.286. The van der Waals surface area contributed by atoms with E-state index in [0.717, 1.165) is 42.8 Å². The number of hydrogen-bond donors (Lipinski definition) is 3. The van der Waals surface area contributed by atoms with Crippen molar-refractivity contribution in [1.82, 2.24) is 29.3 Å². The number of pyridine rings is 1. The molecule has 5 heterocycles. The molecule has 5 rings (SSSR count). The second-order valence-electron chi connectivity index (χ2n) is 7.82. The number of amides is 1. The summed E-state index contributed by atoms with van der Waals surface area (Å²) in [5.74, 6) is -1.94. The summed E-state index contributed by atoms with van der Waals surface area (Å²) in [6.07, 6.45) is 3.99. The topological polar surface area (TPSA) is 143 Å². The number of alkyl halides is 3. The lowest BCUT2D eigenvalue weighted by Gasteiger charge is -2.23. The van der Waals surface area contributed by atoms with Gasteiger partial charge in [-0.3, -0.25) is 9.20 Å². The zero-order valence-electron chi connectivity index (χ0n) is 18.5. The maximum atomic E-state index is 12.9. The Bertz CT molecular complexity index is 1430. The molecule has 0 unspecified atom stereocenters. The largest absolute Gasteiger partial charge is 0.490 e. The first-order chi connectivity index (χ1) is 17.1. The van der Waals surface area contributed by atoms with Crippen molar-refractivity contribution in [1.29, 1.82) is 0 Å². The maximum Gasteiger partial charge on any atom is 0.490 e. The summed E-state index contributed by atoms with van der Waals surface area (Å²) in [6, 6.07) is 3.62. The molecule has 0 spiro atoms. The van der Waals surface area contributed by atoms with Crippen LogP contribution in [0.3, 0.4) is 0 Å². The Morgan fingerprint density at radius 2 is 1.94 bits per heavy atom. The molecule has 1 amide bonds. The van der Waals surface area contributed by atoms with Crippen molar-refractivity contribution in [3.05, 3.63) is 53.2 Å². The molecule has 1 aliphatic rings. The fourth-order valence-electron chi connectivity index (χ4n) is 3.89. The van der Waals surface area contributed by atoms with Crippen LogP contribution in [0.5, 0.6) is 0 Å². The lowest BCUT2D eigenvalue weighted by molar-refractivity contribution is -0.192. The van der Waals surface area contributed by atoms with Gasteiger partial charge in [-0.15, -0.1) is 5.10 Å². The average molecular weight is 525 g/mol. The first-order valence-corrected chi connectivity index (χ1v) is 11.0. The van der Waals surface area contributed by atoms with Crippen molar-refractivity contribution >= 4 is 46.3 Å². The van der Waals surface area contributed by atoms with Gasteiger partial charge >= 0.3 is 12.1 Å². The van der Waals surface area contributed by atoms with Crippen molar-refractivity contribution in [2.75, 3.05) is 23.7 Å². The number of carbonyl (C=O) groups excluding carboxylic acids is 1. The predicted molar refractivity (Wildman–Crippen MR) is 124 cm³/mol. The maximum absolute atomic E-state index is 12.9. The number of nitrogens with zero attached hydrogens (tertiary/aromatic N) is 6. The molecule has 1 fully saturated rings. The van der Waals surface area contributed by atoms with Gasteiger partial charge in [0.25, 0.3) is 5.91 Å². The molecular formula is C21H20ClF3N8O3. The molecule has 36 heavy (non-hydrogen) atoms. The molecule has 0 saturated carbocycles. The third kappa shape index (κ3) is 4.98. The Morgan fingerprint density at radius 3 is 2.61 bits per heavy atom. The molecule has 4 aromatic rings. The minimum Gasteiger partial charge on any atom is -0.475 e. The van der Waals surface area contributed by atoms with Crippen LogP contribution in [0.2, 0.25) is 5.02 Å². The van der Waals surface area contributed by atoms with E-state index in [-0.39, 0.29) is 17.3 Å². The van der Waals surface area contributed by atoms with Crippen LogP contribution in [0.1, 0.15) is 28.8 Å². The summed E-state index contributed by atoms with van der Waals surface area (Å²) in [5.41, 5.74) is 8.41. The Balaban J connectivity index is 0.000000384. The standard InChI is InChI=1S/C19H19ClN8O.C2HF3O2/c20-13-8-12(19(26-5-1-2-6-26)27-11-22-10-14(13)27)9-24-18(29)15-16(21)25-28-7-3-4-23-17(15)28;3-2(4,5)1(6)7/h3-4,7-8,10-11H,1-2,5-6,9H2,(H2,21,25)(H,24,29);(H,6,7). The second kappa shape index (κ2) is 9.89. The van der Waals surface area contributed by atoms with E-state index < -0.39 is 12.1 Å². The van der Waals surface area contributed by atoms with Crippen LogP contribution >= 0.6 is 11.6 Å². The van der Waals surface area contributed by atoms with E-state index in [4.69, 9.17) is 27.2 Å². The number of fused-ring (bicyclic) bond motifs is 2. The molecule has 0 aliphatic carbocycles. The number of aliphatic carboxylic acids is 1. The van der Waals surface area contributed by atoms with Gasteiger partial charge in [-0.1, -0.05) is 11.6 Å². The first kappa shape index (κ1) is 25.0. The zero-order chi connectivity index (χ0) is 26.0. The van der Waals surface area contributed by atoms with Crippen LogP contribution in [0, 0.1) is 0 Å². The van der Waals surface area contributed by atoms with Crippen molar-refractivity contribution < 1.29 is 27.9 Å². The molecule has 0 bridgehead atoms. The van der Waals surface area contributed by atoms with E-state index in [2.05, 4.69) is 25.3 Å². The number of nitrogens with one attached hydrogen (secondary N) is 1. The highest BCUT2D eigenvalue weighted by Gasteiger charge is 2.38. The summed E-state index contributed by atoms with van der Waals surface area (Å²) >= 11 is 6.47. The number of carbonyl (C=O) groups is 2. The lowest BCUT2D eigenvalue weighted by Crippen LogP contribution is -2.27. The number of hydrogen-bond acceptors (Lipinski definition) is 7. The Morgan fingerprint density at radius 1 is 1.25 bits per heavy atom. The number of rotatable bonds is 4. The number of carboxylic acids is 1. The highest BCUT2D eigenvalue weighted by atomic mass is 35.5. The van der Waals surface area contributed by atoms with E-state index in [1.807, 2.05) is 10.5 Å². The summed E-state index contributed by atoms with van der Waals surface area (Å²) in [5, 5.41) is 14.8. The quantitative estimate of drug-likeness (QED) is 0.370. The van der Waals surface area contributed by atoms with Crippen LogP contribution in [-0.2, 0) is 11.3 Å². The third-order valence-electron chi connectivity index (χ3n) is 5.44. The van der Waals surface area contributed by atoms with Crippen molar-refractivity contribution in [3.63, 3.8) is 0 Å². The summed E-state index contributed by atoms with van der Waals surface area (Å²) in [6.45, 7) is 2.21. The van der Waals surface area contributed by atoms with E-state index in [1.165, 1.54) is 4.52 Å². The summed E-state index contributed by atoms with van der Waals surface area (Å²) in [7, 11) is 0. The molecule has 0 radical (unpaired) electrons. The van der Waals surface area contributed by atoms with Gasteiger partial charge in [-0.05, 0) is 25.0 Å². The molecule has 190 valence electrons. The van der Waals surface area contributed by atoms with E-state index >= 15 is 0 Å². The predicted octanol–water partition coefficient (Wildman–Crippen LogP) is 2.78. The fourth-order valence-corrected chi connectivity index (χ4v) is 4.16. The van der Waals surface area contributed by atoms with E-state index in [1.54, 1.807) is 31.0 Å².